The summed E-state index contributed by atoms with van der Waals surface area (Å²) in [6.45, 7) is 1.32. The number of anilines is 2. The Hall–Kier alpha value is -3.41. The zero-order valence-electron chi connectivity index (χ0n) is 14.4. The van der Waals surface area contributed by atoms with Crippen LogP contribution in [0.2, 0.25) is 0 Å². The zero-order chi connectivity index (χ0) is 17.9. The first kappa shape index (κ1) is 16.1. The smallest absolute Gasteiger partial charge is 0.247 e. The third-order valence-corrected chi connectivity index (χ3v) is 4.04. The van der Waals surface area contributed by atoms with Gasteiger partial charge < -0.3 is 15.5 Å². The fourth-order valence-electron chi connectivity index (χ4n) is 2.55. The molecule has 9 heteroatoms. The fourth-order valence-corrected chi connectivity index (χ4v) is 2.55. The number of nitrogens with one attached hydrogen (secondary N) is 2. The molecule has 0 amide bonds. The maximum Gasteiger partial charge on any atom is 0.247 e. The molecule has 2 N–H and O–H groups in total. The average Bonchev–Trinajstić information content (AvgIpc) is 3.32. The molecule has 2 aliphatic rings. The maximum absolute atomic E-state index is 9.29. The number of aromatic nitrogens is 4. The predicted octanol–water partition coefficient (Wildman–Crippen LogP) is 1.40. The van der Waals surface area contributed by atoms with Crippen LogP contribution in [-0.4, -0.2) is 57.0 Å². The monoisotopic (exact) mass is 349 g/mol. The van der Waals surface area contributed by atoms with Crippen LogP contribution in [0.3, 0.4) is 0 Å². The number of hydrogen-bond acceptors (Lipinski definition) is 8. The topological polar surface area (TPSA) is 107 Å². The van der Waals surface area contributed by atoms with Gasteiger partial charge >= 0.3 is 0 Å². The van der Waals surface area contributed by atoms with E-state index in [2.05, 4.69) is 36.8 Å². The Kier molecular flexibility index (Phi) is 4.23. The fraction of sp³-hybridized carbons (Fsp3) is 0.353. The van der Waals surface area contributed by atoms with Gasteiger partial charge in [-0.05, 0) is 25.0 Å². The van der Waals surface area contributed by atoms with Crippen LogP contribution in [0.5, 0.6) is 0 Å². The molecule has 0 spiro atoms. The number of allylic oxidation sites excluding steroid dienone is 1. The molecule has 0 radical (unpaired) electrons. The summed E-state index contributed by atoms with van der Waals surface area (Å²) in [5, 5.41) is 20.3. The summed E-state index contributed by atoms with van der Waals surface area (Å²) in [5.74, 6) is 1.04. The van der Waals surface area contributed by atoms with Gasteiger partial charge in [-0.3, -0.25) is 4.99 Å². The molecule has 4 rings (SSSR count). The van der Waals surface area contributed by atoms with Gasteiger partial charge in [0.1, 0.15) is 6.07 Å². The number of likely N-dealkylation sites (N-methyl/N-ethyl adjacent to an activating group) is 1. The number of rotatable bonds is 4. The van der Waals surface area contributed by atoms with Crippen molar-refractivity contribution in [1.29, 1.82) is 5.26 Å². The van der Waals surface area contributed by atoms with Crippen molar-refractivity contribution < 1.29 is 0 Å². The second kappa shape index (κ2) is 6.84. The Morgan fingerprint density at radius 2 is 2.23 bits per heavy atom. The Bertz CT molecular complexity index is 943. The molecule has 0 saturated heterocycles. The molecule has 132 valence electrons. The highest BCUT2D eigenvalue weighted by atomic mass is 15.4. The van der Waals surface area contributed by atoms with Crippen molar-refractivity contribution in [2.24, 2.45) is 4.99 Å². The normalized spacial score (nSPS) is 20.5. The van der Waals surface area contributed by atoms with Crippen LogP contribution in [0, 0.1) is 11.3 Å². The molecule has 0 bridgehead atoms. The molecule has 0 aromatic carbocycles. The van der Waals surface area contributed by atoms with Crippen molar-refractivity contribution in [3.63, 3.8) is 0 Å². The quantitative estimate of drug-likeness (QED) is 0.859. The molecule has 1 saturated carbocycles. The Morgan fingerprint density at radius 1 is 1.35 bits per heavy atom. The van der Waals surface area contributed by atoms with E-state index in [9.17, 15) is 5.26 Å². The molecule has 9 nitrogen and oxygen atoms in total. The van der Waals surface area contributed by atoms with Gasteiger partial charge in [-0.15, -0.1) is 5.10 Å². The lowest BCUT2D eigenvalue weighted by atomic mass is 10.3. The van der Waals surface area contributed by atoms with Crippen molar-refractivity contribution in [1.82, 2.24) is 24.5 Å². The summed E-state index contributed by atoms with van der Waals surface area (Å²) in [7, 11) is 1.97. The molecule has 1 fully saturated rings. The Balaban J connectivity index is 1.67. The minimum atomic E-state index is 0.370. The lowest BCUT2D eigenvalue weighted by Crippen LogP contribution is -2.15. The van der Waals surface area contributed by atoms with E-state index < -0.39 is 0 Å². The Labute approximate surface area is 150 Å². The first-order valence-corrected chi connectivity index (χ1v) is 8.49. The van der Waals surface area contributed by atoms with Crippen LogP contribution in [0.15, 0.2) is 35.1 Å². The van der Waals surface area contributed by atoms with Crippen molar-refractivity contribution in [2.75, 3.05) is 30.8 Å². The van der Waals surface area contributed by atoms with Gasteiger partial charge in [0.15, 0.2) is 17.2 Å². The summed E-state index contributed by atoms with van der Waals surface area (Å²) in [6, 6.07) is 2.52. The highest BCUT2D eigenvalue weighted by molar-refractivity contribution is 5.66. The molecule has 2 aromatic heterocycles. The van der Waals surface area contributed by atoms with E-state index in [1.54, 1.807) is 0 Å². The molecule has 0 unspecified atom stereocenters. The average molecular weight is 349 g/mol. The van der Waals surface area contributed by atoms with Crippen LogP contribution in [0.1, 0.15) is 18.5 Å². The third-order valence-electron chi connectivity index (χ3n) is 4.04. The number of aliphatic imine (C=N–C) groups is 1. The van der Waals surface area contributed by atoms with Crippen LogP contribution >= 0.6 is 0 Å². The second-order valence-corrected chi connectivity index (χ2v) is 6.30. The maximum atomic E-state index is 9.29. The van der Waals surface area contributed by atoms with Gasteiger partial charge in [0.05, 0.1) is 19.1 Å². The number of nitrogens with zero attached hydrogens (tertiary/aromatic N) is 7. The molecular formula is C17H19N9. The van der Waals surface area contributed by atoms with E-state index >= 15 is 0 Å². The lowest BCUT2D eigenvalue weighted by molar-refractivity contribution is 0.580. The summed E-state index contributed by atoms with van der Waals surface area (Å²) >= 11 is 0. The minimum Gasteiger partial charge on any atom is -0.364 e. The van der Waals surface area contributed by atoms with Crippen LogP contribution in [-0.2, 0) is 0 Å². The second-order valence-electron chi connectivity index (χ2n) is 6.30. The number of fused-ring (bicyclic) bond motifs is 1. The van der Waals surface area contributed by atoms with Crippen LogP contribution in [0.4, 0.5) is 11.8 Å². The van der Waals surface area contributed by atoms with Crippen LogP contribution < -0.4 is 10.6 Å². The van der Waals surface area contributed by atoms with Crippen molar-refractivity contribution in [2.45, 2.75) is 18.9 Å². The molecule has 2 aromatic rings. The predicted molar refractivity (Wildman–Crippen MR) is 99.0 cm³/mol. The van der Waals surface area contributed by atoms with Gasteiger partial charge in [0, 0.05) is 25.3 Å². The Morgan fingerprint density at radius 3 is 3.04 bits per heavy atom. The van der Waals surface area contributed by atoms with E-state index in [4.69, 9.17) is 0 Å². The van der Waals surface area contributed by atoms with Gasteiger partial charge in [0.25, 0.3) is 0 Å². The molecule has 1 aliphatic heterocycles. The van der Waals surface area contributed by atoms with Gasteiger partial charge in [0.2, 0.25) is 5.95 Å². The van der Waals surface area contributed by atoms with Gasteiger partial charge in [-0.2, -0.15) is 14.8 Å². The summed E-state index contributed by atoms with van der Waals surface area (Å²) in [4.78, 5) is 15.2. The first-order chi connectivity index (χ1) is 12.7. The van der Waals surface area contributed by atoms with E-state index in [0.29, 0.717) is 35.7 Å². The summed E-state index contributed by atoms with van der Waals surface area (Å²) < 4.78 is 1.52. The van der Waals surface area contributed by atoms with Crippen molar-refractivity contribution in [3.8, 4) is 6.07 Å². The van der Waals surface area contributed by atoms with E-state index in [1.807, 2.05) is 36.5 Å². The first-order valence-electron chi connectivity index (χ1n) is 8.49. The molecule has 0 atom stereocenters. The van der Waals surface area contributed by atoms with E-state index in [0.717, 1.165) is 25.1 Å². The lowest BCUT2D eigenvalue weighted by Gasteiger charge is -2.10. The van der Waals surface area contributed by atoms with Crippen LogP contribution in [0.25, 0.3) is 5.65 Å². The SMILES string of the molecule is CN1C=NC/C=C(Nc2nc(NC3CC3)c3ncc(C#N)n3n2)\C=C/C1. The number of hydrogen-bond donors (Lipinski definition) is 2. The van der Waals surface area contributed by atoms with Gasteiger partial charge in [-0.25, -0.2) is 4.98 Å². The van der Waals surface area contributed by atoms with E-state index in [-0.39, 0.29) is 0 Å². The summed E-state index contributed by atoms with van der Waals surface area (Å²) in [6.07, 6.45) is 11.5. The zero-order valence-corrected chi connectivity index (χ0v) is 14.4. The molecule has 3 heterocycles. The summed E-state index contributed by atoms with van der Waals surface area (Å²) in [5.41, 5.74) is 1.78. The standard InChI is InChI=1S/C17H19N9/c1-25-8-2-3-12(6-7-19-11-25)22-17-23-15(21-13-4-5-13)16-20-10-14(9-18)26(16)24-17/h2-3,6,10-11,13H,4-5,7-8H2,1H3,(H2,21,22,23,24)/b3-2-,12-6+,19-11?. The third kappa shape index (κ3) is 3.49. The largest absolute Gasteiger partial charge is 0.364 e. The molecular weight excluding hydrogens is 330 g/mol. The molecule has 1 aliphatic carbocycles. The highest BCUT2D eigenvalue weighted by Crippen LogP contribution is 2.26. The number of imidazole rings is 1. The van der Waals surface area contributed by atoms with E-state index in [1.165, 1.54) is 10.7 Å². The molecule has 26 heavy (non-hydrogen) atoms. The number of nitriles is 1. The van der Waals surface area contributed by atoms with Crippen molar-refractivity contribution in [3.05, 3.63) is 35.8 Å². The van der Waals surface area contributed by atoms with Gasteiger partial charge in [-0.1, -0.05) is 6.08 Å². The highest BCUT2D eigenvalue weighted by Gasteiger charge is 2.24. The van der Waals surface area contributed by atoms with Crippen molar-refractivity contribution >= 4 is 23.8 Å². The minimum absolute atomic E-state index is 0.370.